The first-order valence-electron chi connectivity index (χ1n) is 9.19. The Kier molecular flexibility index (Phi) is 6.94. The molecule has 0 bridgehead atoms. The summed E-state index contributed by atoms with van der Waals surface area (Å²) in [5.74, 6) is 1.57. The van der Waals surface area contributed by atoms with Gasteiger partial charge in [0.05, 0.1) is 0 Å². The number of hydrogen-bond acceptors (Lipinski definition) is 3. The van der Waals surface area contributed by atoms with E-state index in [0.717, 1.165) is 18.4 Å². The van der Waals surface area contributed by atoms with Crippen molar-refractivity contribution >= 4 is 6.09 Å². The zero-order chi connectivity index (χ0) is 17.8. The molecule has 0 saturated heterocycles. The van der Waals surface area contributed by atoms with E-state index in [9.17, 15) is 4.79 Å². The molecule has 0 aromatic carbocycles. The molecule has 1 saturated carbocycles. The third kappa shape index (κ3) is 6.33. The Balaban J connectivity index is 2.54. The Morgan fingerprint density at radius 1 is 1.17 bits per heavy atom. The van der Waals surface area contributed by atoms with Crippen LogP contribution in [0.3, 0.4) is 0 Å². The van der Waals surface area contributed by atoms with Gasteiger partial charge in [-0.2, -0.15) is 0 Å². The lowest BCUT2D eigenvalue weighted by Gasteiger charge is -2.37. The number of rotatable bonds is 5. The van der Waals surface area contributed by atoms with Crippen molar-refractivity contribution in [2.75, 3.05) is 13.1 Å². The van der Waals surface area contributed by atoms with Crippen molar-refractivity contribution in [3.8, 4) is 0 Å². The number of carbonyl (C=O) groups excluding carboxylic acids is 1. The summed E-state index contributed by atoms with van der Waals surface area (Å²) in [7, 11) is 0. The monoisotopic (exact) mass is 326 g/mol. The number of hydrogen-bond donors (Lipinski definition) is 1. The Morgan fingerprint density at radius 3 is 2.22 bits per heavy atom. The summed E-state index contributed by atoms with van der Waals surface area (Å²) < 4.78 is 5.56. The minimum Gasteiger partial charge on any atom is -0.444 e. The minimum atomic E-state index is -0.456. The molecule has 1 fully saturated rings. The first-order chi connectivity index (χ1) is 10.5. The molecule has 23 heavy (non-hydrogen) atoms. The van der Waals surface area contributed by atoms with E-state index >= 15 is 0 Å². The fourth-order valence-corrected chi connectivity index (χ4v) is 3.49. The SMILES string of the molecule is CCC1CCC(NCCN(C(=O)OC(C)(C)C)C(C)(C)C)C1C. The van der Waals surface area contributed by atoms with E-state index in [1.807, 2.05) is 25.7 Å². The molecule has 0 aliphatic heterocycles. The van der Waals surface area contributed by atoms with Crippen LogP contribution in [0.2, 0.25) is 0 Å². The highest BCUT2D eigenvalue weighted by molar-refractivity contribution is 5.69. The molecule has 3 atom stereocenters. The second-order valence-corrected chi connectivity index (χ2v) is 8.97. The van der Waals surface area contributed by atoms with Crippen molar-refractivity contribution in [2.45, 2.75) is 91.8 Å². The molecule has 0 aromatic rings. The predicted molar refractivity (Wildman–Crippen MR) is 96.7 cm³/mol. The lowest BCUT2D eigenvalue weighted by Crippen LogP contribution is -2.51. The van der Waals surface area contributed by atoms with Crippen LogP contribution in [0, 0.1) is 11.8 Å². The van der Waals surface area contributed by atoms with Crippen LogP contribution >= 0.6 is 0 Å². The van der Waals surface area contributed by atoms with Crippen LogP contribution in [0.25, 0.3) is 0 Å². The summed E-state index contributed by atoms with van der Waals surface area (Å²) in [4.78, 5) is 14.3. The maximum Gasteiger partial charge on any atom is 0.410 e. The van der Waals surface area contributed by atoms with E-state index in [1.54, 1.807) is 0 Å². The standard InChI is InChI=1S/C19H38N2O2/c1-9-15-10-11-16(14(15)2)20-12-13-21(18(3,4)5)17(22)23-19(6,7)8/h14-16,20H,9-13H2,1-8H3. The van der Waals surface area contributed by atoms with Crippen molar-refractivity contribution in [1.82, 2.24) is 10.2 Å². The molecule has 4 heteroatoms. The quantitative estimate of drug-likeness (QED) is 0.812. The Hall–Kier alpha value is -0.770. The van der Waals surface area contributed by atoms with Crippen molar-refractivity contribution < 1.29 is 9.53 Å². The van der Waals surface area contributed by atoms with E-state index in [0.29, 0.717) is 12.6 Å². The molecule has 3 unspecified atom stereocenters. The Bertz CT molecular complexity index is 382. The summed E-state index contributed by atoms with van der Waals surface area (Å²) in [6.45, 7) is 18.0. The smallest absolute Gasteiger partial charge is 0.410 e. The second kappa shape index (κ2) is 7.87. The lowest BCUT2D eigenvalue weighted by atomic mass is 9.93. The summed E-state index contributed by atoms with van der Waals surface area (Å²) >= 11 is 0. The van der Waals surface area contributed by atoms with Gasteiger partial charge < -0.3 is 15.0 Å². The van der Waals surface area contributed by atoms with Gasteiger partial charge in [0, 0.05) is 24.7 Å². The van der Waals surface area contributed by atoms with Gasteiger partial charge in [0.15, 0.2) is 0 Å². The van der Waals surface area contributed by atoms with Gasteiger partial charge in [-0.3, -0.25) is 0 Å². The Labute approximate surface area is 143 Å². The van der Waals surface area contributed by atoms with E-state index in [1.165, 1.54) is 19.3 Å². The highest BCUT2D eigenvalue weighted by atomic mass is 16.6. The van der Waals surface area contributed by atoms with Gasteiger partial charge in [-0.1, -0.05) is 20.3 Å². The zero-order valence-corrected chi connectivity index (χ0v) is 16.5. The summed E-state index contributed by atoms with van der Waals surface area (Å²) in [5, 5.41) is 3.67. The van der Waals surface area contributed by atoms with Crippen molar-refractivity contribution in [3.05, 3.63) is 0 Å². The largest absolute Gasteiger partial charge is 0.444 e. The molecule has 0 heterocycles. The normalized spacial score (nSPS) is 25.5. The summed E-state index contributed by atoms with van der Waals surface area (Å²) in [6, 6.07) is 0.584. The fraction of sp³-hybridized carbons (Fsp3) is 0.947. The number of nitrogens with one attached hydrogen (secondary N) is 1. The van der Waals surface area contributed by atoms with Crippen LogP contribution in [0.4, 0.5) is 4.79 Å². The summed E-state index contributed by atoms with van der Waals surface area (Å²) in [6.07, 6.45) is 3.62. The molecule has 136 valence electrons. The van der Waals surface area contributed by atoms with Crippen LogP contribution in [0.15, 0.2) is 0 Å². The zero-order valence-electron chi connectivity index (χ0n) is 16.5. The molecule has 0 radical (unpaired) electrons. The van der Waals surface area contributed by atoms with Crippen LogP contribution in [0.1, 0.15) is 74.7 Å². The molecular formula is C19H38N2O2. The van der Waals surface area contributed by atoms with Gasteiger partial charge >= 0.3 is 6.09 Å². The maximum atomic E-state index is 12.5. The average Bonchev–Trinajstić information content (AvgIpc) is 2.71. The lowest BCUT2D eigenvalue weighted by molar-refractivity contribution is 0.00638. The van der Waals surface area contributed by atoms with E-state index < -0.39 is 5.60 Å². The van der Waals surface area contributed by atoms with Crippen molar-refractivity contribution in [3.63, 3.8) is 0 Å². The first kappa shape index (κ1) is 20.3. The predicted octanol–water partition coefficient (Wildman–Crippen LogP) is 4.44. The number of amides is 1. The molecule has 1 rings (SSSR count). The minimum absolute atomic E-state index is 0.224. The fourth-order valence-electron chi connectivity index (χ4n) is 3.49. The van der Waals surface area contributed by atoms with Gasteiger partial charge in [0.25, 0.3) is 0 Å². The van der Waals surface area contributed by atoms with E-state index in [2.05, 4.69) is 39.9 Å². The van der Waals surface area contributed by atoms with Crippen LogP contribution in [-0.4, -0.2) is 41.3 Å². The molecule has 0 aromatic heterocycles. The highest BCUT2D eigenvalue weighted by Crippen LogP contribution is 2.33. The average molecular weight is 327 g/mol. The van der Waals surface area contributed by atoms with Crippen LogP contribution < -0.4 is 5.32 Å². The van der Waals surface area contributed by atoms with Crippen LogP contribution in [-0.2, 0) is 4.74 Å². The molecule has 1 N–H and O–H groups in total. The van der Waals surface area contributed by atoms with Gasteiger partial charge in [-0.05, 0) is 66.2 Å². The molecule has 0 spiro atoms. The third-order valence-corrected chi connectivity index (χ3v) is 4.92. The molecule has 1 aliphatic carbocycles. The molecular weight excluding hydrogens is 288 g/mol. The van der Waals surface area contributed by atoms with Gasteiger partial charge in [-0.15, -0.1) is 0 Å². The highest BCUT2D eigenvalue weighted by Gasteiger charge is 2.33. The van der Waals surface area contributed by atoms with E-state index in [-0.39, 0.29) is 11.6 Å². The molecule has 1 amide bonds. The maximum absolute atomic E-state index is 12.5. The first-order valence-corrected chi connectivity index (χ1v) is 9.19. The number of nitrogens with zero attached hydrogens (tertiary/aromatic N) is 1. The topological polar surface area (TPSA) is 41.6 Å². The molecule has 1 aliphatic rings. The number of carbonyl (C=O) groups is 1. The summed E-state index contributed by atoms with van der Waals surface area (Å²) in [5.41, 5.74) is -0.695. The van der Waals surface area contributed by atoms with Crippen molar-refractivity contribution in [2.24, 2.45) is 11.8 Å². The Morgan fingerprint density at radius 2 is 1.78 bits per heavy atom. The van der Waals surface area contributed by atoms with Gasteiger partial charge in [0.2, 0.25) is 0 Å². The van der Waals surface area contributed by atoms with E-state index in [4.69, 9.17) is 4.74 Å². The van der Waals surface area contributed by atoms with Crippen LogP contribution in [0.5, 0.6) is 0 Å². The van der Waals surface area contributed by atoms with Crippen molar-refractivity contribution in [1.29, 1.82) is 0 Å². The second-order valence-electron chi connectivity index (χ2n) is 8.97. The van der Waals surface area contributed by atoms with Gasteiger partial charge in [-0.25, -0.2) is 4.79 Å². The van der Waals surface area contributed by atoms with Gasteiger partial charge in [0.1, 0.15) is 5.60 Å². The number of ether oxygens (including phenoxy) is 1. The molecule has 4 nitrogen and oxygen atoms in total. The third-order valence-electron chi connectivity index (χ3n) is 4.92.